The molecule has 0 saturated carbocycles. The van der Waals surface area contributed by atoms with Crippen LogP contribution in [-0.4, -0.2) is 16.1 Å². The number of hydrogen-bond acceptors (Lipinski definition) is 4. The van der Waals surface area contributed by atoms with E-state index in [1.807, 2.05) is 36.4 Å². The van der Waals surface area contributed by atoms with Crippen LogP contribution >= 0.6 is 0 Å². The summed E-state index contributed by atoms with van der Waals surface area (Å²) in [4.78, 5) is 10.1. The van der Waals surface area contributed by atoms with Crippen LogP contribution in [0.3, 0.4) is 0 Å². The lowest BCUT2D eigenvalue weighted by molar-refractivity contribution is 0.267. The summed E-state index contributed by atoms with van der Waals surface area (Å²) >= 11 is 0. The van der Waals surface area contributed by atoms with Crippen LogP contribution in [-0.2, 0) is 0 Å². The molecular weight excluding hydrogens is 613 g/mol. The van der Waals surface area contributed by atoms with Crippen LogP contribution in [0.25, 0.3) is 67.0 Å². The lowest BCUT2D eigenvalue weighted by Gasteiger charge is -2.22. The fraction of sp³-hybridized carbons (Fsp3) is 0.0870. The van der Waals surface area contributed by atoms with Gasteiger partial charge in [-0.1, -0.05) is 121 Å². The Morgan fingerprint density at radius 3 is 2.06 bits per heavy atom. The predicted octanol–water partition coefficient (Wildman–Crippen LogP) is 11.5. The number of hydrogen-bond donors (Lipinski definition) is 0. The molecule has 4 nitrogen and oxygen atoms in total. The van der Waals surface area contributed by atoms with Gasteiger partial charge in [-0.25, -0.2) is 9.97 Å². The number of furan rings is 1. The number of rotatable bonds is 5. The Morgan fingerprint density at radius 1 is 0.580 bits per heavy atom. The molecule has 50 heavy (non-hydrogen) atoms. The molecule has 3 aliphatic rings. The van der Waals surface area contributed by atoms with Crippen molar-refractivity contribution in [3.05, 3.63) is 175 Å². The lowest BCUT2D eigenvalue weighted by Crippen LogP contribution is -2.19. The van der Waals surface area contributed by atoms with Crippen LogP contribution in [0.2, 0.25) is 0 Å². The van der Waals surface area contributed by atoms with E-state index in [-0.39, 0.29) is 12.0 Å². The van der Waals surface area contributed by atoms with Crippen molar-refractivity contribution in [1.29, 1.82) is 0 Å². The minimum atomic E-state index is 0.0158. The number of allylic oxidation sites excluding steroid dienone is 6. The van der Waals surface area contributed by atoms with Crippen LogP contribution in [0.4, 0.5) is 0 Å². The summed E-state index contributed by atoms with van der Waals surface area (Å²) in [6.45, 7) is 0. The molecule has 5 aromatic carbocycles. The molecule has 1 aliphatic heterocycles. The van der Waals surface area contributed by atoms with Gasteiger partial charge >= 0.3 is 0 Å². The first kappa shape index (κ1) is 28.7. The van der Waals surface area contributed by atoms with Gasteiger partial charge in [-0.3, -0.25) is 0 Å². The molecule has 3 atom stereocenters. The van der Waals surface area contributed by atoms with Crippen molar-refractivity contribution in [1.82, 2.24) is 9.97 Å². The molecule has 2 aliphatic carbocycles. The van der Waals surface area contributed by atoms with Crippen LogP contribution in [0.15, 0.2) is 174 Å². The van der Waals surface area contributed by atoms with Gasteiger partial charge in [0.15, 0.2) is 5.82 Å². The van der Waals surface area contributed by atoms with E-state index in [2.05, 4.69) is 127 Å². The number of fused-ring (bicyclic) bond motifs is 6. The van der Waals surface area contributed by atoms with E-state index in [4.69, 9.17) is 19.1 Å². The first-order valence-corrected chi connectivity index (χ1v) is 17.2. The highest BCUT2D eigenvalue weighted by atomic mass is 16.5. The third-order valence-corrected chi connectivity index (χ3v) is 10.2. The van der Waals surface area contributed by atoms with Crippen molar-refractivity contribution >= 4 is 21.9 Å². The Bertz CT molecular complexity index is 2500. The summed E-state index contributed by atoms with van der Waals surface area (Å²) in [7, 11) is 0. The second-order valence-electron chi connectivity index (χ2n) is 13.3. The highest BCUT2D eigenvalue weighted by Crippen LogP contribution is 2.47. The summed E-state index contributed by atoms with van der Waals surface area (Å²) in [5, 5.41) is 2.22. The molecule has 2 aromatic heterocycles. The normalized spacial score (nSPS) is 19.0. The number of nitrogens with zero attached hydrogens (tertiary/aromatic N) is 2. The van der Waals surface area contributed by atoms with E-state index in [1.54, 1.807) is 0 Å². The Balaban J connectivity index is 0.990. The lowest BCUT2D eigenvalue weighted by atomic mass is 9.83. The largest absolute Gasteiger partial charge is 0.485 e. The van der Waals surface area contributed by atoms with Gasteiger partial charge in [-0.2, -0.15) is 0 Å². The van der Waals surface area contributed by atoms with Crippen molar-refractivity contribution in [3.8, 4) is 50.8 Å². The average Bonchev–Trinajstić information content (AvgIpc) is 3.74. The van der Waals surface area contributed by atoms with Crippen molar-refractivity contribution in [2.24, 2.45) is 5.92 Å². The maximum Gasteiger partial charge on any atom is 0.160 e. The Morgan fingerprint density at radius 2 is 1.30 bits per heavy atom. The third kappa shape index (κ3) is 5.00. The minimum Gasteiger partial charge on any atom is -0.485 e. The van der Waals surface area contributed by atoms with Gasteiger partial charge in [0.1, 0.15) is 23.0 Å². The van der Waals surface area contributed by atoms with E-state index in [9.17, 15) is 0 Å². The van der Waals surface area contributed by atoms with Crippen molar-refractivity contribution in [3.63, 3.8) is 0 Å². The fourth-order valence-electron chi connectivity index (χ4n) is 7.57. The van der Waals surface area contributed by atoms with E-state index in [0.29, 0.717) is 11.7 Å². The number of benzene rings is 5. The molecule has 4 heteroatoms. The molecule has 0 saturated heterocycles. The minimum absolute atomic E-state index is 0.0158. The maximum absolute atomic E-state index is 6.52. The van der Waals surface area contributed by atoms with Crippen LogP contribution in [0.1, 0.15) is 17.9 Å². The summed E-state index contributed by atoms with van der Waals surface area (Å²) in [5.41, 5.74) is 11.3. The number of ether oxygens (including phenoxy) is 1. The molecule has 0 amide bonds. The van der Waals surface area contributed by atoms with E-state index < -0.39 is 0 Å². The van der Waals surface area contributed by atoms with Gasteiger partial charge in [-0.15, -0.1) is 0 Å². The Labute approximate surface area is 290 Å². The average molecular weight is 645 g/mol. The Kier molecular flexibility index (Phi) is 6.73. The van der Waals surface area contributed by atoms with Gasteiger partial charge in [0.25, 0.3) is 0 Å². The first-order chi connectivity index (χ1) is 24.7. The standard InChI is InChI=1S/C46H32N2O2/c1-4-11-29(12-5-1)33-19-21-36-38-26-39-37-22-20-34(25-43(37)50-45(39)28-44(38)49-42(36)24-33)32-17-10-18-35(23-32)46-47-40(30-13-6-2-7-14-30)27-41(48-46)31-15-8-3-9-16-31/h1-11,13-29,36,42H,12H2. The monoisotopic (exact) mass is 644 g/mol. The van der Waals surface area contributed by atoms with Crippen molar-refractivity contribution < 1.29 is 9.15 Å². The van der Waals surface area contributed by atoms with E-state index in [0.717, 1.165) is 73.3 Å². The zero-order valence-corrected chi connectivity index (χ0v) is 27.2. The van der Waals surface area contributed by atoms with Gasteiger partial charge in [0.05, 0.1) is 11.4 Å². The van der Waals surface area contributed by atoms with Crippen LogP contribution in [0, 0.1) is 5.92 Å². The van der Waals surface area contributed by atoms with Gasteiger partial charge < -0.3 is 9.15 Å². The second-order valence-corrected chi connectivity index (χ2v) is 13.3. The zero-order valence-electron chi connectivity index (χ0n) is 27.2. The molecular formula is C46H32N2O2. The van der Waals surface area contributed by atoms with Gasteiger partial charge in [0.2, 0.25) is 0 Å². The van der Waals surface area contributed by atoms with Crippen molar-refractivity contribution in [2.45, 2.75) is 18.4 Å². The van der Waals surface area contributed by atoms with Crippen molar-refractivity contribution in [2.75, 3.05) is 0 Å². The third-order valence-electron chi connectivity index (χ3n) is 10.2. The quantitative estimate of drug-likeness (QED) is 0.187. The molecule has 3 heterocycles. The molecule has 238 valence electrons. The van der Waals surface area contributed by atoms with Gasteiger partial charge in [-0.05, 0) is 59.5 Å². The molecule has 10 rings (SSSR count). The van der Waals surface area contributed by atoms with E-state index >= 15 is 0 Å². The summed E-state index contributed by atoms with van der Waals surface area (Å²) in [6, 6.07) is 41.9. The second kappa shape index (κ2) is 11.7. The summed E-state index contributed by atoms with van der Waals surface area (Å²) in [6.07, 6.45) is 16.7. The van der Waals surface area contributed by atoms with Gasteiger partial charge in [0, 0.05) is 50.9 Å². The molecule has 0 N–H and O–H groups in total. The van der Waals surface area contributed by atoms with Crippen LogP contribution < -0.4 is 4.74 Å². The Hall–Kier alpha value is -6.26. The molecule has 3 unspecified atom stereocenters. The number of aromatic nitrogens is 2. The zero-order chi connectivity index (χ0) is 33.0. The molecule has 0 spiro atoms. The highest BCUT2D eigenvalue weighted by molar-refractivity contribution is 6.07. The summed E-state index contributed by atoms with van der Waals surface area (Å²) in [5.74, 6) is 2.22. The fourth-order valence-corrected chi connectivity index (χ4v) is 7.57. The SMILES string of the molecule is C1=CCC(C2=CC3Oc4cc5oc6cc(-c7cccc(-c8nc(-c9ccccc9)cc(-c9ccccc9)n8)c7)ccc6c5cc4C3C=C2)C=C1. The molecule has 0 fully saturated rings. The topological polar surface area (TPSA) is 48.2 Å². The smallest absolute Gasteiger partial charge is 0.160 e. The maximum atomic E-state index is 6.52. The highest BCUT2D eigenvalue weighted by Gasteiger charge is 2.35. The molecule has 7 aromatic rings. The first-order valence-electron chi connectivity index (χ1n) is 17.2. The van der Waals surface area contributed by atoms with Crippen LogP contribution in [0.5, 0.6) is 5.75 Å². The van der Waals surface area contributed by atoms with E-state index in [1.165, 1.54) is 11.1 Å². The molecule has 0 radical (unpaired) electrons. The molecule has 0 bridgehead atoms. The summed E-state index contributed by atoms with van der Waals surface area (Å²) < 4.78 is 13.0. The predicted molar refractivity (Wildman–Crippen MR) is 202 cm³/mol.